The maximum atomic E-state index is 11.3. The van der Waals surface area contributed by atoms with Gasteiger partial charge in [0, 0.05) is 6.20 Å². The van der Waals surface area contributed by atoms with E-state index in [9.17, 15) is 9.59 Å². The van der Waals surface area contributed by atoms with Crippen LogP contribution >= 0.6 is 0 Å². The van der Waals surface area contributed by atoms with E-state index in [-0.39, 0.29) is 12.5 Å². The van der Waals surface area contributed by atoms with Crippen molar-refractivity contribution in [2.24, 2.45) is 0 Å². The van der Waals surface area contributed by atoms with Crippen LogP contribution < -0.4 is 0 Å². The van der Waals surface area contributed by atoms with E-state index in [0.717, 1.165) is 0 Å². The average Bonchev–Trinajstić information content (AvgIpc) is 2.65. The summed E-state index contributed by atoms with van der Waals surface area (Å²) in [5.41, 5.74) is 0.332. The van der Waals surface area contributed by atoms with Gasteiger partial charge < -0.3 is 9.84 Å². The number of hydrogen-bond donors (Lipinski definition) is 1. The highest BCUT2D eigenvalue weighted by Crippen LogP contribution is 2.11. The molecule has 16 heavy (non-hydrogen) atoms. The Bertz CT molecular complexity index is 386. The summed E-state index contributed by atoms with van der Waals surface area (Å²) in [6.45, 7) is 3.74. The lowest BCUT2D eigenvalue weighted by atomic mass is 10.2. The van der Waals surface area contributed by atoms with Crippen LogP contribution in [0.1, 0.15) is 36.7 Å². The molecular formula is C10H14N2O4. The minimum Gasteiger partial charge on any atom is -0.481 e. The van der Waals surface area contributed by atoms with Gasteiger partial charge in [-0.05, 0) is 13.8 Å². The number of aliphatic carboxylic acids is 1. The summed E-state index contributed by atoms with van der Waals surface area (Å²) in [7, 11) is 0. The van der Waals surface area contributed by atoms with Gasteiger partial charge in [0.25, 0.3) is 0 Å². The largest absolute Gasteiger partial charge is 0.481 e. The summed E-state index contributed by atoms with van der Waals surface area (Å²) >= 11 is 0. The lowest BCUT2D eigenvalue weighted by Crippen LogP contribution is -2.11. The second-order valence-corrected chi connectivity index (χ2v) is 3.38. The first-order chi connectivity index (χ1) is 7.54. The van der Waals surface area contributed by atoms with Crippen LogP contribution in [-0.2, 0) is 9.53 Å². The first kappa shape index (κ1) is 12.2. The zero-order valence-corrected chi connectivity index (χ0v) is 9.21. The lowest BCUT2D eigenvalue weighted by molar-refractivity contribution is -0.137. The predicted molar refractivity (Wildman–Crippen MR) is 55.1 cm³/mol. The van der Waals surface area contributed by atoms with Crippen molar-refractivity contribution in [1.82, 2.24) is 9.78 Å². The molecule has 0 aliphatic carbocycles. The van der Waals surface area contributed by atoms with E-state index in [2.05, 4.69) is 5.10 Å². The SMILES string of the molecule is CCOC(=O)c1cnn([C@H](C)CC(=O)O)c1. The number of esters is 1. The number of aromatic nitrogens is 2. The number of ether oxygens (including phenoxy) is 1. The van der Waals surface area contributed by atoms with Gasteiger partial charge >= 0.3 is 11.9 Å². The van der Waals surface area contributed by atoms with Crippen molar-refractivity contribution in [2.45, 2.75) is 26.3 Å². The van der Waals surface area contributed by atoms with Gasteiger partial charge in [-0.15, -0.1) is 0 Å². The third-order valence-corrected chi connectivity index (χ3v) is 2.03. The second kappa shape index (κ2) is 5.29. The summed E-state index contributed by atoms with van der Waals surface area (Å²) in [4.78, 5) is 21.8. The van der Waals surface area contributed by atoms with Crippen molar-refractivity contribution in [3.05, 3.63) is 18.0 Å². The summed E-state index contributed by atoms with van der Waals surface area (Å²) in [6.07, 6.45) is 2.83. The van der Waals surface area contributed by atoms with Crippen LogP contribution in [0.15, 0.2) is 12.4 Å². The Labute approximate surface area is 92.8 Å². The fourth-order valence-corrected chi connectivity index (χ4v) is 1.25. The maximum Gasteiger partial charge on any atom is 0.341 e. The van der Waals surface area contributed by atoms with E-state index < -0.39 is 11.9 Å². The third-order valence-electron chi connectivity index (χ3n) is 2.03. The molecule has 0 aliphatic heterocycles. The fraction of sp³-hybridized carbons (Fsp3) is 0.500. The highest BCUT2D eigenvalue weighted by molar-refractivity contribution is 5.88. The van der Waals surface area contributed by atoms with Crippen molar-refractivity contribution in [1.29, 1.82) is 0 Å². The van der Waals surface area contributed by atoms with Crippen molar-refractivity contribution >= 4 is 11.9 Å². The van der Waals surface area contributed by atoms with Crippen LogP contribution in [0.4, 0.5) is 0 Å². The predicted octanol–water partition coefficient (Wildman–Crippen LogP) is 1.10. The molecule has 6 nitrogen and oxygen atoms in total. The number of nitrogens with zero attached hydrogens (tertiary/aromatic N) is 2. The minimum absolute atomic E-state index is 0.0378. The topological polar surface area (TPSA) is 81.4 Å². The molecule has 0 saturated carbocycles. The molecule has 1 aromatic heterocycles. The number of carboxylic acids is 1. The molecule has 1 rings (SSSR count). The lowest BCUT2D eigenvalue weighted by Gasteiger charge is -2.08. The molecule has 0 aliphatic rings. The van der Waals surface area contributed by atoms with E-state index in [0.29, 0.717) is 12.2 Å². The molecule has 1 heterocycles. The van der Waals surface area contributed by atoms with E-state index >= 15 is 0 Å². The molecule has 0 bridgehead atoms. The van der Waals surface area contributed by atoms with Crippen molar-refractivity contribution < 1.29 is 19.4 Å². The van der Waals surface area contributed by atoms with Gasteiger partial charge in [-0.3, -0.25) is 9.48 Å². The second-order valence-electron chi connectivity index (χ2n) is 3.38. The Hall–Kier alpha value is -1.85. The summed E-state index contributed by atoms with van der Waals surface area (Å²) < 4.78 is 6.24. The Morgan fingerprint density at radius 1 is 1.62 bits per heavy atom. The molecule has 0 amide bonds. The molecule has 88 valence electrons. The highest BCUT2D eigenvalue weighted by Gasteiger charge is 2.14. The molecule has 0 aromatic carbocycles. The molecule has 1 aromatic rings. The number of hydrogen-bond acceptors (Lipinski definition) is 4. The van der Waals surface area contributed by atoms with E-state index in [4.69, 9.17) is 9.84 Å². The quantitative estimate of drug-likeness (QED) is 0.760. The molecular weight excluding hydrogens is 212 g/mol. The van der Waals surface area contributed by atoms with Crippen LogP contribution in [0.25, 0.3) is 0 Å². The average molecular weight is 226 g/mol. The van der Waals surface area contributed by atoms with Gasteiger partial charge in [-0.1, -0.05) is 0 Å². The van der Waals surface area contributed by atoms with E-state index in [1.165, 1.54) is 17.1 Å². The van der Waals surface area contributed by atoms with Gasteiger partial charge in [-0.25, -0.2) is 4.79 Å². The zero-order chi connectivity index (χ0) is 12.1. The van der Waals surface area contributed by atoms with Gasteiger partial charge in [0.1, 0.15) is 0 Å². The van der Waals surface area contributed by atoms with E-state index in [1.807, 2.05) is 0 Å². The van der Waals surface area contributed by atoms with Crippen molar-refractivity contribution in [3.8, 4) is 0 Å². The summed E-state index contributed by atoms with van der Waals surface area (Å²) in [6, 6.07) is -0.291. The van der Waals surface area contributed by atoms with Crippen molar-refractivity contribution in [2.75, 3.05) is 6.61 Å². The Morgan fingerprint density at radius 2 is 2.31 bits per heavy atom. The van der Waals surface area contributed by atoms with Crippen molar-refractivity contribution in [3.63, 3.8) is 0 Å². The molecule has 6 heteroatoms. The Kier molecular flexibility index (Phi) is 4.04. The number of rotatable bonds is 5. The van der Waals surface area contributed by atoms with Crippen LogP contribution in [0.3, 0.4) is 0 Å². The molecule has 1 N–H and O–H groups in total. The number of carbonyl (C=O) groups excluding carboxylic acids is 1. The molecule has 0 unspecified atom stereocenters. The Balaban J connectivity index is 2.70. The zero-order valence-electron chi connectivity index (χ0n) is 9.21. The van der Waals surface area contributed by atoms with Gasteiger partial charge in [-0.2, -0.15) is 5.10 Å². The maximum absolute atomic E-state index is 11.3. The smallest absolute Gasteiger partial charge is 0.341 e. The van der Waals surface area contributed by atoms with Crippen LogP contribution in [0.5, 0.6) is 0 Å². The molecule has 1 atom stereocenters. The van der Waals surface area contributed by atoms with Crippen LogP contribution in [0, 0.1) is 0 Å². The molecule has 0 radical (unpaired) electrons. The Morgan fingerprint density at radius 3 is 2.88 bits per heavy atom. The third kappa shape index (κ3) is 3.08. The minimum atomic E-state index is -0.902. The van der Waals surface area contributed by atoms with Gasteiger partial charge in [0.2, 0.25) is 0 Å². The summed E-state index contributed by atoms with van der Waals surface area (Å²) in [5, 5.41) is 12.5. The van der Waals surface area contributed by atoms with Gasteiger partial charge in [0.15, 0.2) is 0 Å². The molecule has 0 saturated heterocycles. The normalized spacial score (nSPS) is 12.1. The van der Waals surface area contributed by atoms with E-state index in [1.54, 1.807) is 13.8 Å². The standard InChI is InChI=1S/C10H14N2O4/c1-3-16-10(15)8-5-11-12(6-8)7(2)4-9(13)14/h5-7H,3-4H2,1-2H3,(H,13,14)/t7-/m1/s1. The molecule has 0 fully saturated rings. The van der Waals surface area contributed by atoms with Crippen LogP contribution in [0.2, 0.25) is 0 Å². The highest BCUT2D eigenvalue weighted by atomic mass is 16.5. The monoisotopic (exact) mass is 226 g/mol. The fourth-order valence-electron chi connectivity index (χ4n) is 1.25. The number of carbonyl (C=O) groups is 2. The first-order valence-corrected chi connectivity index (χ1v) is 4.97. The van der Waals surface area contributed by atoms with Crippen LogP contribution in [-0.4, -0.2) is 33.4 Å². The first-order valence-electron chi connectivity index (χ1n) is 4.97. The number of carboxylic acid groups (broad SMARTS) is 1. The molecule has 0 spiro atoms. The summed E-state index contributed by atoms with van der Waals surface area (Å²) in [5.74, 6) is -1.35. The van der Waals surface area contributed by atoms with Gasteiger partial charge in [0.05, 0.1) is 30.8 Å².